The Morgan fingerprint density at radius 3 is 2.81 bits per heavy atom. The first kappa shape index (κ1) is 14.2. The molecule has 4 unspecified atom stereocenters. The number of phenolic OH excluding ortho intramolecular Hbond substituents is 2. The van der Waals surface area contributed by atoms with E-state index < -0.39 is 12.0 Å². The molecular formula is C16H21NO4. The zero-order valence-electron chi connectivity index (χ0n) is 12.1. The molecular weight excluding hydrogens is 270 g/mol. The third kappa shape index (κ3) is 2.35. The van der Waals surface area contributed by atoms with Crippen LogP contribution >= 0.6 is 0 Å². The summed E-state index contributed by atoms with van der Waals surface area (Å²) < 4.78 is 0. The van der Waals surface area contributed by atoms with Crippen LogP contribution in [-0.2, 0) is 4.79 Å². The van der Waals surface area contributed by atoms with Gasteiger partial charge in [0.2, 0.25) is 0 Å². The molecule has 21 heavy (non-hydrogen) atoms. The number of fused-ring (bicyclic) bond motifs is 1. The zero-order valence-corrected chi connectivity index (χ0v) is 12.1. The first-order chi connectivity index (χ1) is 9.99. The minimum atomic E-state index is -0.782. The van der Waals surface area contributed by atoms with Crippen molar-refractivity contribution in [1.29, 1.82) is 0 Å². The number of phenols is 2. The predicted molar refractivity (Wildman–Crippen MR) is 77.1 cm³/mol. The summed E-state index contributed by atoms with van der Waals surface area (Å²) >= 11 is 0. The fourth-order valence-corrected chi connectivity index (χ4v) is 4.12. The summed E-state index contributed by atoms with van der Waals surface area (Å²) in [7, 11) is 0. The maximum atomic E-state index is 11.7. The first-order valence-electron chi connectivity index (χ1n) is 7.49. The van der Waals surface area contributed by atoms with Crippen molar-refractivity contribution < 1.29 is 20.1 Å². The number of rotatable bonds is 3. The molecule has 3 rings (SSSR count). The van der Waals surface area contributed by atoms with Gasteiger partial charge in [0.25, 0.3) is 0 Å². The van der Waals surface area contributed by atoms with Gasteiger partial charge in [-0.05, 0) is 49.8 Å². The molecule has 1 aromatic rings. The Labute approximate surface area is 123 Å². The molecule has 3 N–H and O–H groups in total. The van der Waals surface area contributed by atoms with Crippen molar-refractivity contribution >= 4 is 5.97 Å². The lowest BCUT2D eigenvalue weighted by atomic mass is 9.94. The van der Waals surface area contributed by atoms with E-state index in [4.69, 9.17) is 0 Å². The van der Waals surface area contributed by atoms with Gasteiger partial charge >= 0.3 is 5.97 Å². The van der Waals surface area contributed by atoms with Crippen molar-refractivity contribution in [3.05, 3.63) is 23.8 Å². The van der Waals surface area contributed by atoms with Gasteiger partial charge in [-0.1, -0.05) is 6.42 Å². The third-order valence-corrected chi connectivity index (χ3v) is 5.14. The second kappa shape index (κ2) is 5.22. The predicted octanol–water partition coefficient (Wildman–Crippen LogP) is 2.34. The second-order valence-corrected chi connectivity index (χ2v) is 6.25. The molecule has 0 bridgehead atoms. The van der Waals surface area contributed by atoms with Gasteiger partial charge in [0.1, 0.15) is 17.5 Å². The molecule has 1 aromatic carbocycles. The summed E-state index contributed by atoms with van der Waals surface area (Å²) in [6, 6.07) is 3.68. The van der Waals surface area contributed by atoms with E-state index >= 15 is 0 Å². The van der Waals surface area contributed by atoms with Gasteiger partial charge < -0.3 is 15.3 Å². The molecule has 4 atom stereocenters. The molecule has 2 aliphatic rings. The van der Waals surface area contributed by atoms with Crippen molar-refractivity contribution in [2.24, 2.45) is 11.8 Å². The molecule has 2 fully saturated rings. The van der Waals surface area contributed by atoms with E-state index in [-0.39, 0.29) is 23.5 Å². The van der Waals surface area contributed by atoms with Gasteiger partial charge in [0.15, 0.2) is 0 Å². The number of aliphatic carboxylic acids is 1. The number of likely N-dealkylation sites (tertiary alicyclic amines) is 1. The fourth-order valence-electron chi connectivity index (χ4n) is 4.12. The van der Waals surface area contributed by atoms with E-state index in [0.29, 0.717) is 11.5 Å². The maximum Gasteiger partial charge on any atom is 0.321 e. The number of nitrogens with zero attached hydrogens (tertiary/aromatic N) is 1. The van der Waals surface area contributed by atoms with Crippen LogP contribution in [-0.4, -0.2) is 38.8 Å². The molecule has 1 heterocycles. The Kier molecular flexibility index (Phi) is 3.53. The Morgan fingerprint density at radius 2 is 2.10 bits per heavy atom. The van der Waals surface area contributed by atoms with Crippen LogP contribution in [0.25, 0.3) is 0 Å². The van der Waals surface area contributed by atoms with Gasteiger partial charge in [-0.25, -0.2) is 0 Å². The number of carboxylic acids is 1. The van der Waals surface area contributed by atoms with Gasteiger partial charge in [-0.3, -0.25) is 9.69 Å². The number of aromatic hydroxyl groups is 2. The van der Waals surface area contributed by atoms with Crippen LogP contribution in [0.15, 0.2) is 18.2 Å². The van der Waals surface area contributed by atoms with Crippen molar-refractivity contribution in [1.82, 2.24) is 4.90 Å². The zero-order chi connectivity index (χ0) is 15.1. The van der Waals surface area contributed by atoms with Crippen LogP contribution in [0.1, 0.15) is 37.8 Å². The molecule has 0 amide bonds. The Hall–Kier alpha value is -1.75. The standard InChI is InChI=1S/C16H21NO4/c1-9(13-7-11(18)5-6-14(13)19)17-8-10-3-2-4-12(10)15(17)16(20)21/h5-7,9-10,12,15,18-19H,2-4,8H2,1H3,(H,20,21). The minimum absolute atomic E-state index is 0.0842. The molecule has 1 aliphatic heterocycles. The third-order valence-electron chi connectivity index (χ3n) is 5.14. The van der Waals surface area contributed by atoms with Gasteiger partial charge in [0, 0.05) is 18.2 Å². The van der Waals surface area contributed by atoms with Crippen molar-refractivity contribution in [2.45, 2.75) is 38.3 Å². The van der Waals surface area contributed by atoms with Gasteiger partial charge in [0.05, 0.1) is 0 Å². The van der Waals surface area contributed by atoms with E-state index in [1.54, 1.807) is 0 Å². The van der Waals surface area contributed by atoms with E-state index in [9.17, 15) is 20.1 Å². The highest BCUT2D eigenvalue weighted by molar-refractivity contribution is 5.74. The average Bonchev–Trinajstić information content (AvgIpc) is 3.00. The minimum Gasteiger partial charge on any atom is -0.508 e. The second-order valence-electron chi connectivity index (χ2n) is 6.25. The molecule has 0 spiro atoms. The molecule has 1 saturated heterocycles. The summed E-state index contributed by atoms with van der Waals surface area (Å²) in [5.41, 5.74) is 0.584. The smallest absolute Gasteiger partial charge is 0.321 e. The molecule has 1 saturated carbocycles. The number of carbonyl (C=O) groups is 1. The Morgan fingerprint density at radius 1 is 1.33 bits per heavy atom. The van der Waals surface area contributed by atoms with Crippen LogP contribution < -0.4 is 0 Å². The van der Waals surface area contributed by atoms with Crippen molar-refractivity contribution in [3.8, 4) is 11.5 Å². The molecule has 5 heteroatoms. The lowest BCUT2D eigenvalue weighted by Crippen LogP contribution is -2.41. The van der Waals surface area contributed by atoms with Crippen molar-refractivity contribution in [3.63, 3.8) is 0 Å². The molecule has 0 radical (unpaired) electrons. The maximum absolute atomic E-state index is 11.7. The van der Waals surface area contributed by atoms with Crippen LogP contribution in [0.4, 0.5) is 0 Å². The Bertz CT molecular complexity index is 559. The summed E-state index contributed by atoms with van der Waals surface area (Å²) in [6.07, 6.45) is 3.17. The fraction of sp³-hybridized carbons (Fsp3) is 0.562. The van der Waals surface area contributed by atoms with Crippen LogP contribution in [0.5, 0.6) is 11.5 Å². The van der Waals surface area contributed by atoms with E-state index in [2.05, 4.69) is 0 Å². The SMILES string of the molecule is CC(c1cc(O)ccc1O)N1CC2CCCC2C1C(=O)O. The van der Waals surface area contributed by atoms with E-state index in [0.717, 1.165) is 25.8 Å². The lowest BCUT2D eigenvalue weighted by molar-refractivity contribution is -0.144. The highest BCUT2D eigenvalue weighted by Gasteiger charge is 2.49. The normalized spacial score (nSPS) is 30.2. The Balaban J connectivity index is 1.91. The molecule has 5 nitrogen and oxygen atoms in total. The largest absolute Gasteiger partial charge is 0.508 e. The number of benzene rings is 1. The highest BCUT2D eigenvalue weighted by atomic mass is 16.4. The van der Waals surface area contributed by atoms with Crippen LogP contribution in [0.2, 0.25) is 0 Å². The number of hydrogen-bond acceptors (Lipinski definition) is 4. The summed E-state index contributed by atoms with van der Waals surface area (Å²) in [5, 5.41) is 29.2. The molecule has 0 aromatic heterocycles. The summed E-state index contributed by atoms with van der Waals surface area (Å²) in [5.74, 6) is 0.0516. The van der Waals surface area contributed by atoms with Gasteiger partial charge in [-0.15, -0.1) is 0 Å². The molecule has 114 valence electrons. The van der Waals surface area contributed by atoms with Crippen LogP contribution in [0.3, 0.4) is 0 Å². The lowest BCUT2D eigenvalue weighted by Gasteiger charge is -2.31. The highest BCUT2D eigenvalue weighted by Crippen LogP contribution is 2.46. The van der Waals surface area contributed by atoms with E-state index in [1.165, 1.54) is 18.2 Å². The summed E-state index contributed by atoms with van der Waals surface area (Å²) in [4.78, 5) is 13.7. The molecule has 1 aliphatic carbocycles. The summed E-state index contributed by atoms with van der Waals surface area (Å²) in [6.45, 7) is 2.64. The van der Waals surface area contributed by atoms with E-state index in [1.807, 2.05) is 11.8 Å². The number of hydrogen-bond donors (Lipinski definition) is 3. The average molecular weight is 291 g/mol. The van der Waals surface area contributed by atoms with Crippen molar-refractivity contribution in [2.75, 3.05) is 6.54 Å². The van der Waals surface area contributed by atoms with Gasteiger partial charge in [-0.2, -0.15) is 0 Å². The number of carboxylic acid groups (broad SMARTS) is 1. The van der Waals surface area contributed by atoms with Crippen LogP contribution in [0, 0.1) is 11.8 Å². The monoisotopic (exact) mass is 291 g/mol. The topological polar surface area (TPSA) is 81.0 Å². The quantitative estimate of drug-likeness (QED) is 0.745. The first-order valence-corrected chi connectivity index (χ1v) is 7.49.